The number of hydrogen-bond acceptors (Lipinski definition) is 3. The minimum Gasteiger partial charge on any atom is -0.436 e. The molecule has 0 bridgehead atoms. The first-order valence-corrected chi connectivity index (χ1v) is 3.82. The fraction of sp³-hybridized carbons (Fsp3) is 0.833. The first-order valence-electron chi connectivity index (χ1n) is 3.31. The van der Waals surface area contributed by atoms with Crippen molar-refractivity contribution in [2.75, 3.05) is 0 Å². The Bertz CT molecular complexity index is 108. The SMILES string of the molecule is CCCCC(S)OC(N)=O. The summed E-state index contributed by atoms with van der Waals surface area (Å²) in [5.41, 5.74) is 4.42. The van der Waals surface area contributed by atoms with Crippen LogP contribution in [0.3, 0.4) is 0 Å². The molecule has 1 atom stereocenters. The number of carbonyl (C=O) groups excluding carboxylic acids is 1. The molecule has 0 radical (unpaired) electrons. The largest absolute Gasteiger partial charge is 0.436 e. The van der Waals surface area contributed by atoms with Gasteiger partial charge in [-0.25, -0.2) is 4.79 Å². The van der Waals surface area contributed by atoms with Crippen LogP contribution in [0, 0.1) is 0 Å². The minimum atomic E-state index is -0.754. The first-order chi connectivity index (χ1) is 4.66. The summed E-state index contributed by atoms with van der Waals surface area (Å²) in [6, 6.07) is 0. The van der Waals surface area contributed by atoms with Crippen LogP contribution < -0.4 is 5.73 Å². The van der Waals surface area contributed by atoms with Gasteiger partial charge in [-0.05, 0) is 12.8 Å². The predicted molar refractivity (Wildman–Crippen MR) is 43.0 cm³/mol. The number of rotatable bonds is 4. The van der Waals surface area contributed by atoms with E-state index < -0.39 is 6.09 Å². The topological polar surface area (TPSA) is 52.3 Å². The molecule has 0 aliphatic rings. The van der Waals surface area contributed by atoms with Gasteiger partial charge in [-0.15, -0.1) is 12.6 Å². The van der Waals surface area contributed by atoms with E-state index in [4.69, 9.17) is 5.73 Å². The van der Waals surface area contributed by atoms with E-state index in [-0.39, 0.29) is 5.44 Å². The number of unbranched alkanes of at least 4 members (excludes halogenated alkanes) is 1. The average Bonchev–Trinajstić information content (AvgIpc) is 1.82. The Balaban J connectivity index is 3.25. The number of ether oxygens (including phenoxy) is 1. The summed E-state index contributed by atoms with van der Waals surface area (Å²) in [5.74, 6) is 0. The molecular weight excluding hydrogens is 150 g/mol. The van der Waals surface area contributed by atoms with Crippen LogP contribution in [0.5, 0.6) is 0 Å². The molecular formula is C6H13NO2S. The van der Waals surface area contributed by atoms with Crippen molar-refractivity contribution in [2.45, 2.75) is 31.6 Å². The summed E-state index contributed by atoms with van der Waals surface area (Å²) in [6.07, 6.45) is 2.08. The monoisotopic (exact) mass is 163 g/mol. The highest BCUT2D eigenvalue weighted by molar-refractivity contribution is 7.80. The van der Waals surface area contributed by atoms with Gasteiger partial charge in [-0.1, -0.05) is 13.3 Å². The van der Waals surface area contributed by atoms with Crippen LogP contribution >= 0.6 is 12.6 Å². The predicted octanol–water partition coefficient (Wildman–Crippen LogP) is 1.53. The van der Waals surface area contributed by atoms with Crippen molar-refractivity contribution < 1.29 is 9.53 Å². The van der Waals surface area contributed by atoms with E-state index in [2.05, 4.69) is 24.3 Å². The van der Waals surface area contributed by atoms with Crippen LogP contribution in [0.1, 0.15) is 26.2 Å². The molecule has 0 aromatic rings. The molecule has 1 unspecified atom stereocenters. The second kappa shape index (κ2) is 5.41. The molecule has 1 amide bonds. The van der Waals surface area contributed by atoms with Crippen molar-refractivity contribution >= 4 is 18.7 Å². The number of hydrogen-bond donors (Lipinski definition) is 2. The third-order valence-corrected chi connectivity index (χ3v) is 1.42. The second-order valence-electron chi connectivity index (χ2n) is 2.03. The van der Waals surface area contributed by atoms with Gasteiger partial charge in [0.05, 0.1) is 0 Å². The quantitative estimate of drug-likeness (QED) is 0.487. The van der Waals surface area contributed by atoms with E-state index in [1.807, 2.05) is 0 Å². The summed E-state index contributed by atoms with van der Waals surface area (Å²) in [6.45, 7) is 2.06. The highest BCUT2D eigenvalue weighted by Crippen LogP contribution is 2.07. The molecule has 2 N–H and O–H groups in total. The molecule has 0 saturated heterocycles. The maximum absolute atomic E-state index is 10.1. The van der Waals surface area contributed by atoms with Crippen LogP contribution in [0.2, 0.25) is 0 Å². The molecule has 4 heteroatoms. The molecule has 0 aliphatic carbocycles. The van der Waals surface area contributed by atoms with Gasteiger partial charge in [0, 0.05) is 0 Å². The lowest BCUT2D eigenvalue weighted by Crippen LogP contribution is -2.18. The molecule has 0 rings (SSSR count). The molecule has 0 spiro atoms. The van der Waals surface area contributed by atoms with E-state index in [1.165, 1.54) is 0 Å². The van der Waals surface area contributed by atoms with Gasteiger partial charge in [-0.2, -0.15) is 0 Å². The number of thiol groups is 1. The second-order valence-corrected chi connectivity index (χ2v) is 2.61. The zero-order chi connectivity index (χ0) is 7.98. The lowest BCUT2D eigenvalue weighted by molar-refractivity contribution is 0.142. The molecule has 10 heavy (non-hydrogen) atoms. The number of amides is 1. The van der Waals surface area contributed by atoms with Crippen LogP contribution in [-0.4, -0.2) is 11.5 Å². The summed E-state index contributed by atoms with van der Waals surface area (Å²) in [7, 11) is 0. The smallest absolute Gasteiger partial charge is 0.405 e. The van der Waals surface area contributed by atoms with Crippen molar-refractivity contribution in [1.82, 2.24) is 0 Å². The van der Waals surface area contributed by atoms with Crippen LogP contribution in [0.15, 0.2) is 0 Å². The fourth-order valence-corrected chi connectivity index (χ4v) is 0.858. The molecule has 0 heterocycles. The zero-order valence-corrected chi connectivity index (χ0v) is 6.93. The van der Waals surface area contributed by atoms with Crippen molar-refractivity contribution in [3.63, 3.8) is 0 Å². The zero-order valence-electron chi connectivity index (χ0n) is 6.04. The molecule has 0 aromatic carbocycles. The molecule has 60 valence electrons. The third kappa shape index (κ3) is 5.75. The molecule has 0 aliphatic heterocycles. The highest BCUT2D eigenvalue weighted by Gasteiger charge is 2.04. The molecule has 0 fully saturated rings. The number of primary amides is 1. The van der Waals surface area contributed by atoms with Gasteiger partial charge in [-0.3, -0.25) is 0 Å². The van der Waals surface area contributed by atoms with Crippen molar-refractivity contribution in [3.8, 4) is 0 Å². The molecule has 0 saturated carbocycles. The van der Waals surface area contributed by atoms with E-state index in [0.717, 1.165) is 19.3 Å². The van der Waals surface area contributed by atoms with Crippen molar-refractivity contribution in [1.29, 1.82) is 0 Å². The van der Waals surface area contributed by atoms with Crippen LogP contribution in [0.4, 0.5) is 4.79 Å². The Hall–Kier alpha value is -0.380. The van der Waals surface area contributed by atoms with E-state index >= 15 is 0 Å². The number of nitrogens with two attached hydrogens (primary N) is 1. The lowest BCUT2D eigenvalue weighted by atomic mass is 10.3. The summed E-state index contributed by atoms with van der Waals surface area (Å²) in [5, 5.41) is 0. The van der Waals surface area contributed by atoms with E-state index in [1.54, 1.807) is 0 Å². The summed E-state index contributed by atoms with van der Waals surface area (Å²) >= 11 is 3.98. The third-order valence-electron chi connectivity index (χ3n) is 1.06. The van der Waals surface area contributed by atoms with E-state index in [9.17, 15) is 4.79 Å². The Kier molecular flexibility index (Phi) is 5.20. The normalized spacial score (nSPS) is 12.6. The van der Waals surface area contributed by atoms with Gasteiger partial charge < -0.3 is 10.5 Å². The first kappa shape index (κ1) is 9.62. The van der Waals surface area contributed by atoms with Gasteiger partial charge in [0.2, 0.25) is 0 Å². The highest BCUT2D eigenvalue weighted by atomic mass is 32.1. The number of carbonyl (C=O) groups is 1. The maximum Gasteiger partial charge on any atom is 0.405 e. The molecule has 0 aromatic heterocycles. The van der Waals surface area contributed by atoms with Gasteiger partial charge in [0.15, 0.2) is 0 Å². The Labute approximate surface area is 66.3 Å². The van der Waals surface area contributed by atoms with Gasteiger partial charge >= 0.3 is 6.09 Å². The summed E-state index contributed by atoms with van der Waals surface area (Å²) < 4.78 is 4.56. The molecule has 3 nitrogen and oxygen atoms in total. The fourth-order valence-electron chi connectivity index (χ4n) is 0.572. The van der Waals surface area contributed by atoms with Crippen LogP contribution in [-0.2, 0) is 4.74 Å². The Morgan fingerprint density at radius 2 is 2.40 bits per heavy atom. The van der Waals surface area contributed by atoms with Crippen molar-refractivity contribution in [3.05, 3.63) is 0 Å². The van der Waals surface area contributed by atoms with Crippen LogP contribution in [0.25, 0.3) is 0 Å². The van der Waals surface area contributed by atoms with Gasteiger partial charge in [0.25, 0.3) is 0 Å². The lowest BCUT2D eigenvalue weighted by Gasteiger charge is -2.08. The van der Waals surface area contributed by atoms with Crippen molar-refractivity contribution in [2.24, 2.45) is 5.73 Å². The Morgan fingerprint density at radius 3 is 2.80 bits per heavy atom. The Morgan fingerprint density at radius 1 is 1.80 bits per heavy atom. The van der Waals surface area contributed by atoms with E-state index in [0.29, 0.717) is 0 Å². The maximum atomic E-state index is 10.1. The van der Waals surface area contributed by atoms with Gasteiger partial charge in [0.1, 0.15) is 5.44 Å². The minimum absolute atomic E-state index is 0.336. The summed E-state index contributed by atoms with van der Waals surface area (Å²) in [4.78, 5) is 10.1. The standard InChI is InChI=1S/C6H13NO2S/c1-2-3-4-5(10)9-6(7)8/h5,10H,2-4H2,1H3,(H2,7,8). The average molecular weight is 163 g/mol.